The molecule has 122 valence electrons. The van der Waals surface area contributed by atoms with E-state index in [0.29, 0.717) is 5.92 Å². The second-order valence-corrected chi connectivity index (χ2v) is 6.74. The predicted molar refractivity (Wildman–Crippen MR) is 98.8 cm³/mol. The third-order valence-corrected chi connectivity index (χ3v) is 5.06. The quantitative estimate of drug-likeness (QED) is 0.814. The van der Waals surface area contributed by atoms with E-state index in [0.717, 1.165) is 23.9 Å². The van der Waals surface area contributed by atoms with E-state index in [1.54, 1.807) is 4.90 Å². The van der Waals surface area contributed by atoms with Crippen LogP contribution in [0.1, 0.15) is 45.1 Å². The maximum Gasteiger partial charge on any atom is 0.173 e. The average molecular weight is 321 g/mol. The molecule has 4 heteroatoms. The van der Waals surface area contributed by atoms with Crippen LogP contribution in [0.2, 0.25) is 0 Å². The van der Waals surface area contributed by atoms with Gasteiger partial charge in [0.05, 0.1) is 32.7 Å². The molecule has 1 aromatic carbocycles. The first-order chi connectivity index (χ1) is 10.6. The molecule has 0 spiro atoms. The highest BCUT2D eigenvalue weighted by Gasteiger charge is 2.20. The lowest BCUT2D eigenvalue weighted by Gasteiger charge is -2.33. The molecule has 1 saturated heterocycles. The van der Waals surface area contributed by atoms with Gasteiger partial charge in [0.25, 0.3) is 0 Å². The van der Waals surface area contributed by atoms with Gasteiger partial charge >= 0.3 is 0 Å². The molecule has 0 aromatic heterocycles. The number of nitrogens with zero attached hydrogens (tertiary/aromatic N) is 1. The summed E-state index contributed by atoms with van der Waals surface area (Å²) in [5.74, 6) is 0.621. The van der Waals surface area contributed by atoms with Crippen molar-refractivity contribution in [2.45, 2.75) is 39.5 Å². The second kappa shape index (κ2) is 8.49. The molecular formula is C18H30N3S+. The Morgan fingerprint density at radius 1 is 1.23 bits per heavy atom. The first-order valence-electron chi connectivity index (χ1n) is 8.63. The minimum atomic E-state index is 0.621. The molecule has 2 rings (SSSR count). The molecule has 0 aliphatic carbocycles. The van der Waals surface area contributed by atoms with E-state index in [1.165, 1.54) is 38.0 Å². The van der Waals surface area contributed by atoms with Crippen LogP contribution in [0.3, 0.4) is 0 Å². The zero-order chi connectivity index (χ0) is 15.9. The van der Waals surface area contributed by atoms with E-state index in [4.69, 9.17) is 12.2 Å². The number of benzene rings is 1. The summed E-state index contributed by atoms with van der Waals surface area (Å²) < 4.78 is 0. The normalized spacial score (nSPS) is 17.3. The second-order valence-electron chi connectivity index (χ2n) is 6.35. The van der Waals surface area contributed by atoms with Crippen LogP contribution < -0.4 is 10.2 Å². The fraction of sp³-hybridized carbons (Fsp3) is 0.611. The van der Waals surface area contributed by atoms with E-state index in [-0.39, 0.29) is 0 Å². The summed E-state index contributed by atoms with van der Waals surface area (Å²) in [5, 5.41) is 4.26. The van der Waals surface area contributed by atoms with Crippen LogP contribution in [0, 0.1) is 0 Å². The summed E-state index contributed by atoms with van der Waals surface area (Å²) in [7, 11) is 0. The van der Waals surface area contributed by atoms with E-state index in [9.17, 15) is 0 Å². The SMILES string of the molecule is CCC[NH+]1CCN(C(=S)Nc2ccc([C@H](C)CC)cc2)CC1. The molecule has 1 aromatic rings. The minimum Gasteiger partial charge on any atom is -0.338 e. The van der Waals surface area contributed by atoms with Crippen molar-refractivity contribution in [3.8, 4) is 0 Å². The van der Waals surface area contributed by atoms with Crippen LogP contribution in [0.4, 0.5) is 5.69 Å². The summed E-state index contributed by atoms with van der Waals surface area (Å²) in [4.78, 5) is 4.01. The summed E-state index contributed by atoms with van der Waals surface area (Å²) in [6.45, 7) is 12.6. The third-order valence-electron chi connectivity index (χ3n) is 4.70. The average Bonchev–Trinajstić information content (AvgIpc) is 2.55. The number of anilines is 1. The first-order valence-corrected chi connectivity index (χ1v) is 9.04. The van der Waals surface area contributed by atoms with Gasteiger partial charge in [0.15, 0.2) is 5.11 Å². The zero-order valence-electron chi connectivity index (χ0n) is 14.2. The molecule has 0 unspecified atom stereocenters. The highest BCUT2D eigenvalue weighted by molar-refractivity contribution is 7.80. The Morgan fingerprint density at radius 2 is 1.86 bits per heavy atom. The summed E-state index contributed by atoms with van der Waals surface area (Å²) in [6, 6.07) is 8.71. The highest BCUT2D eigenvalue weighted by Crippen LogP contribution is 2.20. The fourth-order valence-electron chi connectivity index (χ4n) is 2.96. The Morgan fingerprint density at radius 3 is 2.41 bits per heavy atom. The number of hydrogen-bond donors (Lipinski definition) is 2. The maximum atomic E-state index is 5.57. The monoisotopic (exact) mass is 320 g/mol. The fourth-order valence-corrected chi connectivity index (χ4v) is 3.26. The van der Waals surface area contributed by atoms with Gasteiger partial charge in [-0.25, -0.2) is 0 Å². The number of piperazine rings is 1. The summed E-state index contributed by atoms with van der Waals surface area (Å²) >= 11 is 5.57. The van der Waals surface area contributed by atoms with Gasteiger partial charge < -0.3 is 15.1 Å². The van der Waals surface area contributed by atoms with Gasteiger partial charge in [0.1, 0.15) is 0 Å². The smallest absolute Gasteiger partial charge is 0.173 e. The van der Waals surface area contributed by atoms with Crippen molar-refractivity contribution in [1.29, 1.82) is 0 Å². The lowest BCUT2D eigenvalue weighted by molar-refractivity contribution is -0.903. The van der Waals surface area contributed by atoms with Gasteiger partial charge in [-0.1, -0.05) is 32.9 Å². The minimum absolute atomic E-state index is 0.621. The Hall–Kier alpha value is -1.13. The zero-order valence-corrected chi connectivity index (χ0v) is 15.0. The molecule has 1 aliphatic heterocycles. The molecule has 0 saturated carbocycles. The van der Waals surface area contributed by atoms with Crippen molar-refractivity contribution < 1.29 is 4.90 Å². The summed E-state index contributed by atoms with van der Waals surface area (Å²) in [5.41, 5.74) is 2.50. The molecule has 1 fully saturated rings. The topological polar surface area (TPSA) is 19.7 Å². The van der Waals surface area contributed by atoms with Gasteiger partial charge in [-0.15, -0.1) is 0 Å². The number of quaternary nitrogens is 1. The Labute approximate surface area is 140 Å². The standard InChI is InChI=1S/C18H29N3S/c1-4-10-20-11-13-21(14-12-20)18(22)19-17-8-6-16(7-9-17)15(3)5-2/h6-9,15H,4-5,10-14H2,1-3H3,(H,19,22)/p+1/t15-/m1/s1. The van der Waals surface area contributed by atoms with Crippen LogP contribution in [-0.4, -0.2) is 42.7 Å². The molecule has 1 atom stereocenters. The molecular weight excluding hydrogens is 290 g/mol. The number of rotatable bonds is 5. The molecule has 0 amide bonds. The van der Waals surface area contributed by atoms with Crippen molar-refractivity contribution in [2.75, 3.05) is 38.0 Å². The molecule has 3 nitrogen and oxygen atoms in total. The van der Waals surface area contributed by atoms with Crippen molar-refractivity contribution in [2.24, 2.45) is 0 Å². The van der Waals surface area contributed by atoms with Crippen molar-refractivity contribution in [1.82, 2.24) is 4.90 Å². The van der Waals surface area contributed by atoms with E-state index < -0.39 is 0 Å². The largest absolute Gasteiger partial charge is 0.338 e. The molecule has 2 N–H and O–H groups in total. The van der Waals surface area contributed by atoms with Crippen LogP contribution in [0.15, 0.2) is 24.3 Å². The Balaban J connectivity index is 1.84. The Kier molecular flexibility index (Phi) is 6.65. The van der Waals surface area contributed by atoms with Crippen molar-refractivity contribution in [3.63, 3.8) is 0 Å². The van der Waals surface area contributed by atoms with Crippen LogP contribution in [-0.2, 0) is 0 Å². The number of nitrogens with one attached hydrogen (secondary N) is 2. The van der Waals surface area contributed by atoms with Crippen LogP contribution >= 0.6 is 12.2 Å². The van der Waals surface area contributed by atoms with E-state index >= 15 is 0 Å². The number of hydrogen-bond acceptors (Lipinski definition) is 1. The lowest BCUT2D eigenvalue weighted by Crippen LogP contribution is -3.14. The molecule has 1 aliphatic rings. The van der Waals surface area contributed by atoms with Gasteiger partial charge in [-0.3, -0.25) is 0 Å². The Bertz CT molecular complexity index is 464. The number of thiocarbonyl (C=S) groups is 1. The van der Waals surface area contributed by atoms with Gasteiger partial charge in [0, 0.05) is 5.69 Å². The van der Waals surface area contributed by atoms with Crippen molar-refractivity contribution >= 4 is 23.0 Å². The van der Waals surface area contributed by atoms with Crippen LogP contribution in [0.5, 0.6) is 0 Å². The van der Waals surface area contributed by atoms with Gasteiger partial charge in [0.2, 0.25) is 0 Å². The lowest BCUT2D eigenvalue weighted by atomic mass is 9.99. The highest BCUT2D eigenvalue weighted by atomic mass is 32.1. The van der Waals surface area contributed by atoms with Gasteiger partial charge in [-0.2, -0.15) is 0 Å². The van der Waals surface area contributed by atoms with Crippen LogP contribution in [0.25, 0.3) is 0 Å². The third kappa shape index (κ3) is 4.68. The molecule has 0 radical (unpaired) electrons. The predicted octanol–water partition coefficient (Wildman–Crippen LogP) is 2.51. The van der Waals surface area contributed by atoms with Gasteiger partial charge in [-0.05, 0) is 48.7 Å². The van der Waals surface area contributed by atoms with Crippen molar-refractivity contribution in [3.05, 3.63) is 29.8 Å². The first kappa shape index (κ1) is 17.2. The van der Waals surface area contributed by atoms with E-state index in [2.05, 4.69) is 55.3 Å². The summed E-state index contributed by atoms with van der Waals surface area (Å²) in [6.07, 6.45) is 2.44. The van der Waals surface area contributed by atoms with E-state index in [1.807, 2.05) is 0 Å². The maximum absolute atomic E-state index is 5.57. The molecule has 0 bridgehead atoms. The molecule has 22 heavy (non-hydrogen) atoms. The molecule has 1 heterocycles.